The van der Waals surface area contributed by atoms with Gasteiger partial charge in [0.1, 0.15) is 12.1 Å². The number of nitrogens with two attached hydrogens (primary N) is 1. The number of rotatable bonds is 4. The Morgan fingerprint density at radius 3 is 2.88 bits per heavy atom. The molecule has 0 radical (unpaired) electrons. The first-order valence-electron chi connectivity index (χ1n) is 5.09. The number of aromatic nitrogens is 2. The molecule has 17 heavy (non-hydrogen) atoms. The predicted octanol–water partition coefficient (Wildman–Crippen LogP) is 2.72. The highest BCUT2D eigenvalue weighted by atomic mass is 32.2. The lowest BCUT2D eigenvalue weighted by Gasteiger charge is -2.15. The lowest BCUT2D eigenvalue weighted by atomic mass is 10.1. The number of hydrogen-bond acceptors (Lipinski definition) is 6. The summed E-state index contributed by atoms with van der Waals surface area (Å²) in [5, 5.41) is 0. The van der Waals surface area contributed by atoms with Crippen LogP contribution >= 0.6 is 23.3 Å². The van der Waals surface area contributed by atoms with Gasteiger partial charge in [-0.3, -0.25) is 0 Å². The second-order valence-electron chi connectivity index (χ2n) is 3.47. The molecular formula is C11H13N3OS2. The zero-order chi connectivity index (χ0) is 12.3. The number of methoxy groups -OCH3 is 1. The van der Waals surface area contributed by atoms with E-state index in [-0.39, 0.29) is 6.04 Å². The normalized spacial score (nSPS) is 12.4. The van der Waals surface area contributed by atoms with Crippen molar-refractivity contribution in [1.29, 1.82) is 0 Å². The zero-order valence-electron chi connectivity index (χ0n) is 9.58. The third-order valence-corrected chi connectivity index (χ3v) is 4.03. The molecule has 1 atom stereocenters. The van der Waals surface area contributed by atoms with E-state index in [2.05, 4.69) is 9.36 Å². The van der Waals surface area contributed by atoms with E-state index in [1.54, 1.807) is 25.2 Å². The fraction of sp³-hybridized carbons (Fsp3) is 0.273. The minimum absolute atomic E-state index is 0.0819. The van der Waals surface area contributed by atoms with Gasteiger partial charge in [-0.2, -0.15) is 4.37 Å². The molecule has 0 aliphatic rings. The van der Waals surface area contributed by atoms with E-state index in [0.29, 0.717) is 0 Å². The summed E-state index contributed by atoms with van der Waals surface area (Å²) in [6, 6.07) is 5.81. The summed E-state index contributed by atoms with van der Waals surface area (Å²) in [4.78, 5) is 5.22. The monoisotopic (exact) mass is 267 g/mol. The number of nitrogens with zero attached hydrogens (tertiary/aromatic N) is 2. The Balaban J connectivity index is 2.39. The Kier molecular flexibility index (Phi) is 3.98. The van der Waals surface area contributed by atoms with E-state index < -0.39 is 0 Å². The van der Waals surface area contributed by atoms with Crippen LogP contribution in [0.5, 0.6) is 5.75 Å². The van der Waals surface area contributed by atoms with Gasteiger partial charge >= 0.3 is 0 Å². The van der Waals surface area contributed by atoms with Crippen LogP contribution in [-0.4, -0.2) is 16.5 Å². The Labute approximate surface area is 108 Å². The second kappa shape index (κ2) is 5.48. The van der Waals surface area contributed by atoms with E-state index >= 15 is 0 Å². The van der Waals surface area contributed by atoms with Gasteiger partial charge in [-0.25, -0.2) is 4.98 Å². The molecule has 0 fully saturated rings. The number of benzene rings is 1. The highest BCUT2D eigenvalue weighted by Gasteiger charge is 2.14. The van der Waals surface area contributed by atoms with E-state index in [9.17, 15) is 0 Å². The summed E-state index contributed by atoms with van der Waals surface area (Å²) in [6.07, 6.45) is 1.55. The molecule has 0 aliphatic carbocycles. The van der Waals surface area contributed by atoms with Crippen molar-refractivity contribution in [2.24, 2.45) is 5.73 Å². The fourth-order valence-electron chi connectivity index (χ4n) is 1.54. The first kappa shape index (κ1) is 12.3. The third kappa shape index (κ3) is 2.77. The van der Waals surface area contributed by atoms with Gasteiger partial charge in [-0.05, 0) is 30.6 Å². The van der Waals surface area contributed by atoms with Crippen molar-refractivity contribution >= 4 is 23.3 Å². The molecule has 0 amide bonds. The molecule has 1 aromatic carbocycles. The largest absolute Gasteiger partial charge is 0.496 e. The molecule has 0 aliphatic heterocycles. The molecular weight excluding hydrogens is 254 g/mol. The quantitative estimate of drug-likeness (QED) is 0.923. The average Bonchev–Trinajstić information content (AvgIpc) is 2.81. The number of hydrogen-bond donors (Lipinski definition) is 1. The van der Waals surface area contributed by atoms with Crippen molar-refractivity contribution in [3.8, 4) is 5.75 Å². The molecule has 1 unspecified atom stereocenters. The van der Waals surface area contributed by atoms with Crippen molar-refractivity contribution in [1.82, 2.24) is 9.36 Å². The van der Waals surface area contributed by atoms with E-state index in [4.69, 9.17) is 10.5 Å². The van der Waals surface area contributed by atoms with Crippen LogP contribution in [0.15, 0.2) is 33.8 Å². The van der Waals surface area contributed by atoms with Crippen LogP contribution in [-0.2, 0) is 0 Å². The van der Waals surface area contributed by atoms with Gasteiger partial charge in [0.25, 0.3) is 0 Å². The predicted molar refractivity (Wildman–Crippen MR) is 69.6 cm³/mol. The van der Waals surface area contributed by atoms with Crippen molar-refractivity contribution < 1.29 is 4.74 Å². The highest BCUT2D eigenvalue weighted by Crippen LogP contribution is 2.37. The molecule has 2 rings (SSSR count). The van der Waals surface area contributed by atoms with Crippen LogP contribution in [0.25, 0.3) is 0 Å². The first-order valence-corrected chi connectivity index (χ1v) is 6.68. The van der Waals surface area contributed by atoms with Crippen molar-refractivity contribution in [3.63, 3.8) is 0 Å². The fourth-order valence-corrected chi connectivity index (χ4v) is 3.20. The van der Waals surface area contributed by atoms with Crippen LogP contribution in [0.2, 0.25) is 0 Å². The molecule has 0 bridgehead atoms. The maximum atomic E-state index is 5.99. The van der Waals surface area contributed by atoms with Gasteiger partial charge < -0.3 is 10.5 Å². The summed E-state index contributed by atoms with van der Waals surface area (Å²) >= 11 is 2.94. The standard InChI is InChI=1S/C11H13N3OS2/c1-7(12)10-8(15-2)4-3-5-9(10)16-11-13-6-14-17-11/h3-7H,12H2,1-2H3. The molecule has 6 heteroatoms. The topological polar surface area (TPSA) is 61.0 Å². The highest BCUT2D eigenvalue weighted by molar-refractivity contribution is 8.01. The smallest absolute Gasteiger partial charge is 0.174 e. The van der Waals surface area contributed by atoms with Gasteiger partial charge in [0.2, 0.25) is 0 Å². The lowest BCUT2D eigenvalue weighted by Crippen LogP contribution is -2.08. The summed E-state index contributed by atoms with van der Waals surface area (Å²) in [7, 11) is 1.65. The third-order valence-electron chi connectivity index (χ3n) is 2.24. The maximum Gasteiger partial charge on any atom is 0.174 e. The average molecular weight is 267 g/mol. The molecule has 0 saturated heterocycles. The van der Waals surface area contributed by atoms with Crippen LogP contribution in [0.1, 0.15) is 18.5 Å². The van der Waals surface area contributed by atoms with Gasteiger partial charge in [-0.1, -0.05) is 17.8 Å². The molecule has 1 aromatic heterocycles. The Morgan fingerprint density at radius 2 is 2.29 bits per heavy atom. The zero-order valence-corrected chi connectivity index (χ0v) is 11.2. The first-order chi connectivity index (χ1) is 8.22. The molecule has 2 N–H and O–H groups in total. The maximum absolute atomic E-state index is 5.99. The molecule has 1 heterocycles. The van der Waals surface area contributed by atoms with Crippen LogP contribution in [0, 0.1) is 0 Å². The van der Waals surface area contributed by atoms with Gasteiger partial charge in [0.05, 0.1) is 7.11 Å². The SMILES string of the molecule is COc1cccc(Sc2ncns2)c1C(C)N. The second-order valence-corrected chi connectivity index (χ2v) is 5.54. The molecule has 2 aromatic rings. The number of ether oxygens (including phenoxy) is 1. The summed E-state index contributed by atoms with van der Waals surface area (Å²) in [5.74, 6) is 0.814. The molecule has 0 saturated carbocycles. The van der Waals surface area contributed by atoms with Crippen molar-refractivity contribution in [3.05, 3.63) is 30.1 Å². The van der Waals surface area contributed by atoms with Gasteiger partial charge in [0.15, 0.2) is 4.34 Å². The minimum Gasteiger partial charge on any atom is -0.496 e. The Bertz CT molecular complexity index is 485. The molecule has 0 spiro atoms. The molecule has 4 nitrogen and oxygen atoms in total. The van der Waals surface area contributed by atoms with E-state index in [1.807, 2.05) is 25.1 Å². The van der Waals surface area contributed by atoms with Crippen LogP contribution < -0.4 is 10.5 Å². The molecule has 90 valence electrons. The summed E-state index contributed by atoms with van der Waals surface area (Å²) in [6.45, 7) is 1.95. The van der Waals surface area contributed by atoms with Crippen molar-refractivity contribution in [2.45, 2.75) is 22.2 Å². The lowest BCUT2D eigenvalue weighted by molar-refractivity contribution is 0.405. The van der Waals surface area contributed by atoms with Crippen LogP contribution in [0.4, 0.5) is 0 Å². The Hall–Kier alpha value is -1.11. The Morgan fingerprint density at radius 1 is 1.47 bits per heavy atom. The van der Waals surface area contributed by atoms with Crippen molar-refractivity contribution in [2.75, 3.05) is 7.11 Å². The van der Waals surface area contributed by atoms with E-state index in [1.165, 1.54) is 11.5 Å². The van der Waals surface area contributed by atoms with Crippen LogP contribution in [0.3, 0.4) is 0 Å². The summed E-state index contributed by atoms with van der Waals surface area (Å²) < 4.78 is 10.2. The van der Waals surface area contributed by atoms with Gasteiger partial charge in [-0.15, -0.1) is 0 Å². The minimum atomic E-state index is -0.0819. The summed E-state index contributed by atoms with van der Waals surface area (Å²) in [5.41, 5.74) is 7.00. The van der Waals surface area contributed by atoms with E-state index in [0.717, 1.165) is 20.5 Å². The van der Waals surface area contributed by atoms with Gasteiger partial charge in [0, 0.05) is 16.5 Å².